The first-order chi connectivity index (χ1) is 16.0. The Kier molecular flexibility index (Phi) is 7.55. The van der Waals surface area contributed by atoms with Gasteiger partial charge in [-0.3, -0.25) is 4.79 Å². The lowest BCUT2D eigenvalue weighted by Crippen LogP contribution is -2.48. The fourth-order valence-electron chi connectivity index (χ4n) is 3.91. The second-order valence-electron chi connectivity index (χ2n) is 9.05. The smallest absolute Gasteiger partial charge is 0.335 e. The van der Waals surface area contributed by atoms with Crippen molar-refractivity contribution in [2.75, 3.05) is 11.9 Å². The van der Waals surface area contributed by atoms with Gasteiger partial charge in [0.1, 0.15) is 11.6 Å². The molecule has 0 bridgehead atoms. The van der Waals surface area contributed by atoms with Gasteiger partial charge in [-0.2, -0.15) is 0 Å². The summed E-state index contributed by atoms with van der Waals surface area (Å²) >= 11 is 0. The third-order valence-electron chi connectivity index (χ3n) is 5.30. The summed E-state index contributed by atoms with van der Waals surface area (Å²) in [5.74, 6) is -2.01. The number of carboxylic acids is 1. The van der Waals surface area contributed by atoms with Crippen molar-refractivity contribution in [2.45, 2.75) is 51.3 Å². The zero-order chi connectivity index (χ0) is 24.9. The van der Waals surface area contributed by atoms with Gasteiger partial charge >= 0.3 is 18.0 Å². The molecule has 1 saturated heterocycles. The van der Waals surface area contributed by atoms with Crippen LogP contribution in [0, 0.1) is 0 Å². The molecule has 2 atom stereocenters. The van der Waals surface area contributed by atoms with E-state index in [0.29, 0.717) is 12.8 Å². The van der Waals surface area contributed by atoms with Gasteiger partial charge in [-0.15, -0.1) is 0 Å². The van der Waals surface area contributed by atoms with Crippen LogP contribution >= 0.6 is 0 Å². The molecule has 1 aliphatic rings. The van der Waals surface area contributed by atoms with Crippen LogP contribution < -0.4 is 10.6 Å². The third-order valence-corrected chi connectivity index (χ3v) is 5.30. The van der Waals surface area contributed by atoms with Crippen molar-refractivity contribution in [3.8, 4) is 0 Å². The normalized spacial score (nSPS) is 17.7. The number of carboxylic acid groups (broad SMARTS) is 1. The number of amides is 3. The van der Waals surface area contributed by atoms with E-state index >= 15 is 0 Å². The van der Waals surface area contributed by atoms with Gasteiger partial charge in [-0.05, 0) is 57.4 Å². The van der Waals surface area contributed by atoms with E-state index in [4.69, 9.17) is 9.84 Å². The van der Waals surface area contributed by atoms with Crippen molar-refractivity contribution in [1.29, 1.82) is 0 Å². The molecule has 1 unspecified atom stereocenters. The molecule has 3 amide bonds. The quantitative estimate of drug-likeness (QED) is 0.558. The summed E-state index contributed by atoms with van der Waals surface area (Å²) in [7, 11) is 0. The van der Waals surface area contributed by atoms with E-state index in [2.05, 4.69) is 10.6 Å². The molecule has 2 aromatic rings. The molecule has 0 aromatic heterocycles. The molecule has 3 N–H and O–H groups in total. The maximum atomic E-state index is 13.2. The van der Waals surface area contributed by atoms with Gasteiger partial charge in [-0.1, -0.05) is 36.4 Å². The molecule has 34 heavy (non-hydrogen) atoms. The number of nitrogens with zero attached hydrogens (tertiary/aromatic N) is 1. The summed E-state index contributed by atoms with van der Waals surface area (Å²) in [6, 6.07) is 13.4. The number of benzene rings is 2. The van der Waals surface area contributed by atoms with Gasteiger partial charge in [0.05, 0.1) is 18.2 Å². The van der Waals surface area contributed by atoms with E-state index in [1.165, 1.54) is 29.2 Å². The SMILES string of the molecule is CC(C)(C)OC(=O)[C@@H]1CCC(c2ccccc2)N1C(=O)CNC(=O)Nc1cccc(C(=O)O)c1. The molecule has 0 saturated carbocycles. The highest BCUT2D eigenvalue weighted by Gasteiger charge is 2.43. The number of hydrogen-bond acceptors (Lipinski definition) is 5. The highest BCUT2D eigenvalue weighted by molar-refractivity contribution is 5.95. The maximum Gasteiger partial charge on any atom is 0.335 e. The lowest BCUT2D eigenvalue weighted by molar-refractivity contribution is -0.164. The monoisotopic (exact) mass is 467 g/mol. The van der Waals surface area contributed by atoms with Crippen molar-refractivity contribution in [1.82, 2.24) is 10.2 Å². The third kappa shape index (κ3) is 6.34. The van der Waals surface area contributed by atoms with Crippen molar-refractivity contribution < 1.29 is 29.0 Å². The number of likely N-dealkylation sites (tertiary alicyclic amines) is 1. The van der Waals surface area contributed by atoms with E-state index in [-0.39, 0.29) is 23.8 Å². The number of nitrogens with one attached hydrogen (secondary N) is 2. The molecule has 1 fully saturated rings. The minimum Gasteiger partial charge on any atom is -0.478 e. The first-order valence-corrected chi connectivity index (χ1v) is 11.0. The summed E-state index contributed by atoms with van der Waals surface area (Å²) in [4.78, 5) is 51.0. The van der Waals surface area contributed by atoms with Crippen LogP contribution in [0.2, 0.25) is 0 Å². The minimum atomic E-state index is -1.12. The zero-order valence-electron chi connectivity index (χ0n) is 19.4. The first kappa shape index (κ1) is 24.8. The fraction of sp³-hybridized carbons (Fsp3) is 0.360. The summed E-state index contributed by atoms with van der Waals surface area (Å²) in [5, 5.41) is 14.1. The Hall–Kier alpha value is -3.88. The summed E-state index contributed by atoms with van der Waals surface area (Å²) in [5.41, 5.74) is 0.507. The van der Waals surface area contributed by atoms with Gasteiger partial charge in [0.25, 0.3) is 0 Å². The highest BCUT2D eigenvalue weighted by atomic mass is 16.6. The molecule has 9 heteroatoms. The van der Waals surface area contributed by atoms with Crippen LogP contribution in [0.5, 0.6) is 0 Å². The predicted molar refractivity (Wildman–Crippen MR) is 125 cm³/mol. The fourth-order valence-corrected chi connectivity index (χ4v) is 3.91. The van der Waals surface area contributed by atoms with Gasteiger partial charge in [0.15, 0.2) is 0 Å². The Morgan fingerprint density at radius 2 is 1.74 bits per heavy atom. The number of urea groups is 1. The van der Waals surface area contributed by atoms with E-state index in [9.17, 15) is 19.2 Å². The molecule has 0 aliphatic carbocycles. The molecule has 2 aromatic carbocycles. The molecule has 0 radical (unpaired) electrons. The molecule has 3 rings (SSSR count). The number of carbonyl (C=O) groups excluding carboxylic acids is 3. The van der Waals surface area contributed by atoms with Crippen LogP contribution in [0.1, 0.15) is 55.6 Å². The number of aromatic carboxylic acids is 1. The lowest BCUT2D eigenvalue weighted by atomic mass is 10.0. The molecule has 0 spiro atoms. The number of anilines is 1. The molecule has 9 nitrogen and oxygen atoms in total. The van der Waals surface area contributed by atoms with Gasteiger partial charge < -0.3 is 25.4 Å². The summed E-state index contributed by atoms with van der Waals surface area (Å²) in [6.45, 7) is 4.97. The lowest BCUT2D eigenvalue weighted by Gasteiger charge is -2.31. The number of carbonyl (C=O) groups is 4. The Bertz CT molecular complexity index is 1060. The van der Waals surface area contributed by atoms with Crippen molar-refractivity contribution in [2.24, 2.45) is 0 Å². The Balaban J connectivity index is 1.71. The van der Waals surface area contributed by atoms with Crippen molar-refractivity contribution >= 4 is 29.6 Å². The maximum absolute atomic E-state index is 13.2. The summed E-state index contributed by atoms with van der Waals surface area (Å²) < 4.78 is 5.54. The Labute approximate surface area is 198 Å². The predicted octanol–water partition coefficient (Wildman–Crippen LogP) is 3.58. The van der Waals surface area contributed by atoms with Crippen molar-refractivity contribution in [3.05, 3.63) is 65.7 Å². The van der Waals surface area contributed by atoms with Crippen LogP contribution in [0.4, 0.5) is 10.5 Å². The largest absolute Gasteiger partial charge is 0.478 e. The van der Waals surface area contributed by atoms with Gasteiger partial charge in [-0.25, -0.2) is 14.4 Å². The first-order valence-electron chi connectivity index (χ1n) is 11.0. The van der Waals surface area contributed by atoms with E-state index in [0.717, 1.165) is 5.56 Å². The van der Waals surface area contributed by atoms with E-state index in [1.54, 1.807) is 20.8 Å². The van der Waals surface area contributed by atoms with E-state index in [1.807, 2.05) is 30.3 Å². The topological polar surface area (TPSA) is 125 Å². The average Bonchev–Trinajstić information content (AvgIpc) is 3.23. The van der Waals surface area contributed by atoms with Crippen molar-refractivity contribution in [3.63, 3.8) is 0 Å². The zero-order valence-corrected chi connectivity index (χ0v) is 19.4. The standard InChI is InChI=1S/C25H29N3O6/c1-25(2,3)34-23(32)20-13-12-19(16-8-5-4-6-9-16)28(20)21(29)15-26-24(33)27-18-11-7-10-17(14-18)22(30)31/h4-11,14,19-20H,12-13,15H2,1-3H3,(H,30,31)(H2,26,27,33)/t19?,20-/m0/s1. The molecule has 180 valence electrons. The molecule has 1 heterocycles. The van der Waals surface area contributed by atoms with Crippen LogP contribution in [0.3, 0.4) is 0 Å². The minimum absolute atomic E-state index is 0.0249. The second-order valence-corrected chi connectivity index (χ2v) is 9.05. The Morgan fingerprint density at radius 1 is 1.03 bits per heavy atom. The van der Waals surface area contributed by atoms with Gasteiger partial charge in [0.2, 0.25) is 5.91 Å². The van der Waals surface area contributed by atoms with Crippen LogP contribution in [-0.2, 0) is 14.3 Å². The highest BCUT2D eigenvalue weighted by Crippen LogP contribution is 2.37. The van der Waals surface area contributed by atoms with E-state index < -0.39 is 35.5 Å². The number of rotatable bonds is 6. The van der Waals surface area contributed by atoms with Crippen LogP contribution in [0.15, 0.2) is 54.6 Å². The van der Waals surface area contributed by atoms with Crippen LogP contribution in [-0.4, -0.2) is 52.1 Å². The number of esters is 1. The molecular formula is C25H29N3O6. The van der Waals surface area contributed by atoms with Crippen LogP contribution in [0.25, 0.3) is 0 Å². The summed E-state index contributed by atoms with van der Waals surface area (Å²) in [6.07, 6.45) is 1.04. The molecule has 1 aliphatic heterocycles. The number of hydrogen-bond donors (Lipinski definition) is 3. The second kappa shape index (κ2) is 10.4. The molecular weight excluding hydrogens is 438 g/mol. The Morgan fingerprint density at radius 3 is 2.38 bits per heavy atom. The number of ether oxygens (including phenoxy) is 1. The average molecular weight is 468 g/mol. The van der Waals surface area contributed by atoms with Gasteiger partial charge in [0, 0.05) is 5.69 Å².